The summed E-state index contributed by atoms with van der Waals surface area (Å²) in [6, 6.07) is 21.0. The zero-order valence-electron chi connectivity index (χ0n) is 20.9. The van der Waals surface area contributed by atoms with Gasteiger partial charge in [-0.2, -0.15) is 0 Å². The van der Waals surface area contributed by atoms with E-state index in [2.05, 4.69) is 6.20 Å². The fourth-order valence-electron chi connectivity index (χ4n) is 5.66. The van der Waals surface area contributed by atoms with Gasteiger partial charge in [0.25, 0.3) is 12.3 Å². The minimum absolute atomic E-state index is 0.0167. The summed E-state index contributed by atoms with van der Waals surface area (Å²) in [6.45, 7) is 0.740. The number of aromatic nitrogens is 3. The van der Waals surface area contributed by atoms with Gasteiger partial charge < -0.3 is 14.0 Å². The molecule has 0 radical (unpaired) electrons. The Labute approximate surface area is 224 Å². The molecule has 2 aromatic heterocycles. The van der Waals surface area contributed by atoms with Crippen LogP contribution in [0, 0.1) is 0 Å². The van der Waals surface area contributed by atoms with Crippen molar-refractivity contribution >= 4 is 39.4 Å². The zero-order valence-corrected chi connectivity index (χ0v) is 21.7. The highest BCUT2D eigenvalue weighted by Gasteiger charge is 2.29. The molecule has 0 saturated carbocycles. The van der Waals surface area contributed by atoms with Crippen LogP contribution in [0.2, 0.25) is 5.02 Å². The van der Waals surface area contributed by atoms with Crippen LogP contribution in [0.25, 0.3) is 33.1 Å². The van der Waals surface area contributed by atoms with E-state index in [0.29, 0.717) is 42.3 Å². The van der Waals surface area contributed by atoms with Gasteiger partial charge in [-0.05, 0) is 54.8 Å². The Hall–Kier alpha value is -3.71. The number of piperidine rings is 1. The average Bonchev–Trinajstić information content (AvgIpc) is 3.45. The summed E-state index contributed by atoms with van der Waals surface area (Å²) in [7, 11) is 1.97. The normalized spacial score (nSPS) is 14.7. The van der Waals surface area contributed by atoms with Gasteiger partial charge in [-0.25, -0.2) is 13.8 Å². The molecule has 8 heteroatoms. The Morgan fingerprint density at radius 1 is 1.03 bits per heavy atom. The fraction of sp³-hybridized carbons (Fsp3) is 0.267. The number of nitrogens with zero attached hydrogens (tertiary/aromatic N) is 4. The number of carbonyl (C=O) groups is 1. The van der Waals surface area contributed by atoms with Crippen LogP contribution in [-0.2, 0) is 13.6 Å². The number of para-hydroxylation sites is 2. The molecule has 3 heterocycles. The van der Waals surface area contributed by atoms with Gasteiger partial charge >= 0.3 is 0 Å². The molecule has 1 fully saturated rings. The van der Waals surface area contributed by atoms with E-state index in [1.54, 1.807) is 4.57 Å². The Kier molecular flexibility index (Phi) is 6.40. The number of benzene rings is 3. The van der Waals surface area contributed by atoms with Crippen LogP contribution in [0.1, 0.15) is 34.9 Å². The average molecular weight is 533 g/mol. The number of likely N-dealkylation sites (tertiary alicyclic amines) is 1. The van der Waals surface area contributed by atoms with Crippen LogP contribution in [0.15, 0.2) is 72.9 Å². The third kappa shape index (κ3) is 4.45. The number of hydrogen-bond donors (Lipinski definition) is 0. The smallest absolute Gasteiger partial charge is 0.256 e. The lowest BCUT2D eigenvalue weighted by atomic mass is 9.95. The van der Waals surface area contributed by atoms with E-state index in [-0.39, 0.29) is 18.4 Å². The van der Waals surface area contributed by atoms with Gasteiger partial charge in [0.2, 0.25) is 0 Å². The molecule has 0 N–H and O–H groups in total. The van der Waals surface area contributed by atoms with Gasteiger partial charge in [0.1, 0.15) is 5.82 Å². The summed E-state index contributed by atoms with van der Waals surface area (Å²) in [5.41, 5.74) is 5.17. The second-order valence-electron chi connectivity index (χ2n) is 9.92. The monoisotopic (exact) mass is 532 g/mol. The molecule has 3 aromatic carbocycles. The SMILES string of the molecule is Cn1cc(-c2cccc(Cl)c2)c2ccc(C(=O)N3CCC(c4nc5ccccc5n4CC(F)F)CC3)cc21. The number of rotatable bonds is 5. The summed E-state index contributed by atoms with van der Waals surface area (Å²) >= 11 is 6.21. The van der Waals surface area contributed by atoms with Gasteiger partial charge in [-0.1, -0.05) is 41.9 Å². The van der Waals surface area contributed by atoms with Crippen molar-refractivity contribution in [1.82, 2.24) is 19.0 Å². The van der Waals surface area contributed by atoms with Crippen molar-refractivity contribution in [3.05, 3.63) is 89.3 Å². The van der Waals surface area contributed by atoms with Crippen molar-refractivity contribution < 1.29 is 13.6 Å². The number of imidazole rings is 1. The Morgan fingerprint density at radius 2 is 1.82 bits per heavy atom. The highest BCUT2D eigenvalue weighted by atomic mass is 35.5. The van der Waals surface area contributed by atoms with E-state index in [4.69, 9.17) is 16.6 Å². The van der Waals surface area contributed by atoms with Crippen LogP contribution in [0.5, 0.6) is 0 Å². The molecular weight excluding hydrogens is 506 g/mol. The zero-order chi connectivity index (χ0) is 26.4. The number of amides is 1. The van der Waals surface area contributed by atoms with Crippen LogP contribution in [-0.4, -0.2) is 44.4 Å². The summed E-state index contributed by atoms with van der Waals surface area (Å²) in [6.07, 6.45) is 0.967. The van der Waals surface area contributed by atoms with Crippen molar-refractivity contribution in [3.8, 4) is 11.1 Å². The number of hydrogen-bond acceptors (Lipinski definition) is 2. The number of carbonyl (C=O) groups excluding carboxylic acids is 1. The lowest BCUT2D eigenvalue weighted by Gasteiger charge is -2.32. The van der Waals surface area contributed by atoms with Crippen molar-refractivity contribution in [2.75, 3.05) is 13.1 Å². The van der Waals surface area contributed by atoms with Crippen LogP contribution < -0.4 is 0 Å². The second-order valence-corrected chi connectivity index (χ2v) is 10.4. The standard InChI is InChI=1S/C30H27ClF2N4O/c1-35-17-24(20-5-4-6-22(31)15-20)23-10-9-21(16-27(23)35)30(38)36-13-11-19(12-14-36)29-34-25-7-2-3-8-26(25)37(29)18-28(32)33/h2-10,15-17,19,28H,11-14,18H2,1H3. The van der Waals surface area contributed by atoms with E-state index in [0.717, 1.165) is 33.1 Å². The van der Waals surface area contributed by atoms with Gasteiger partial charge in [-0.3, -0.25) is 4.79 Å². The quantitative estimate of drug-likeness (QED) is 0.241. The van der Waals surface area contributed by atoms with E-state index in [1.807, 2.05) is 83.2 Å². The number of halogens is 3. The highest BCUT2D eigenvalue weighted by Crippen LogP contribution is 2.34. The first-order valence-electron chi connectivity index (χ1n) is 12.8. The molecule has 38 heavy (non-hydrogen) atoms. The van der Waals surface area contributed by atoms with Gasteiger partial charge in [0.05, 0.1) is 17.6 Å². The molecule has 0 unspecified atom stereocenters. The van der Waals surface area contributed by atoms with Gasteiger partial charge in [-0.15, -0.1) is 0 Å². The molecule has 5 nitrogen and oxygen atoms in total. The number of aryl methyl sites for hydroxylation is 1. The van der Waals surface area contributed by atoms with Crippen molar-refractivity contribution in [2.45, 2.75) is 31.7 Å². The van der Waals surface area contributed by atoms with Crippen molar-refractivity contribution in [3.63, 3.8) is 0 Å². The van der Waals surface area contributed by atoms with Gasteiger partial charge in [0.15, 0.2) is 0 Å². The summed E-state index contributed by atoms with van der Waals surface area (Å²) in [5.74, 6) is 0.704. The first-order chi connectivity index (χ1) is 18.4. The fourth-order valence-corrected chi connectivity index (χ4v) is 5.85. The van der Waals surface area contributed by atoms with E-state index >= 15 is 0 Å². The van der Waals surface area contributed by atoms with Gasteiger partial charge in [0, 0.05) is 59.3 Å². The van der Waals surface area contributed by atoms with Crippen LogP contribution in [0.4, 0.5) is 8.78 Å². The predicted octanol–water partition coefficient (Wildman–Crippen LogP) is 7.13. The lowest BCUT2D eigenvalue weighted by Crippen LogP contribution is -2.38. The lowest BCUT2D eigenvalue weighted by molar-refractivity contribution is 0.0709. The molecule has 0 atom stereocenters. The molecule has 0 bridgehead atoms. The third-order valence-electron chi connectivity index (χ3n) is 7.53. The van der Waals surface area contributed by atoms with Crippen molar-refractivity contribution in [1.29, 1.82) is 0 Å². The Morgan fingerprint density at radius 3 is 2.58 bits per heavy atom. The summed E-state index contributed by atoms with van der Waals surface area (Å²) < 4.78 is 30.4. The van der Waals surface area contributed by atoms with Crippen molar-refractivity contribution in [2.24, 2.45) is 7.05 Å². The topological polar surface area (TPSA) is 43.1 Å². The predicted molar refractivity (Wildman–Crippen MR) is 147 cm³/mol. The molecule has 5 aromatic rings. The molecule has 6 rings (SSSR count). The molecule has 0 spiro atoms. The summed E-state index contributed by atoms with van der Waals surface area (Å²) in [5, 5.41) is 1.74. The second kappa shape index (κ2) is 9.87. The van der Waals surface area contributed by atoms with Crippen LogP contribution >= 0.6 is 11.6 Å². The molecule has 1 saturated heterocycles. The molecule has 1 aliphatic rings. The van der Waals surface area contributed by atoms with Crippen LogP contribution in [0.3, 0.4) is 0 Å². The van der Waals surface area contributed by atoms with E-state index < -0.39 is 6.43 Å². The minimum Gasteiger partial charge on any atom is -0.350 e. The van der Waals surface area contributed by atoms with E-state index in [9.17, 15) is 13.6 Å². The molecule has 1 amide bonds. The molecular formula is C30H27ClF2N4O. The summed E-state index contributed by atoms with van der Waals surface area (Å²) in [4.78, 5) is 20.0. The Balaban J connectivity index is 1.22. The minimum atomic E-state index is -2.46. The number of fused-ring (bicyclic) bond motifs is 2. The highest BCUT2D eigenvalue weighted by molar-refractivity contribution is 6.30. The Bertz CT molecular complexity index is 1650. The third-order valence-corrected chi connectivity index (χ3v) is 7.76. The molecule has 0 aliphatic carbocycles. The maximum atomic E-state index is 13.5. The largest absolute Gasteiger partial charge is 0.350 e. The first kappa shape index (κ1) is 24.6. The maximum Gasteiger partial charge on any atom is 0.256 e. The first-order valence-corrected chi connectivity index (χ1v) is 13.1. The molecule has 194 valence electrons. The molecule has 1 aliphatic heterocycles. The van der Waals surface area contributed by atoms with E-state index in [1.165, 1.54) is 0 Å². The maximum absolute atomic E-state index is 13.5. The number of alkyl halides is 2.